The number of pyridine rings is 1. The van der Waals surface area contributed by atoms with E-state index < -0.39 is 0 Å². The molecule has 4 rings (SSSR count). The Morgan fingerprint density at radius 1 is 1.04 bits per heavy atom. The Morgan fingerprint density at radius 2 is 1.81 bits per heavy atom. The van der Waals surface area contributed by atoms with Crippen LogP contribution >= 0.6 is 0 Å². The van der Waals surface area contributed by atoms with E-state index in [1.54, 1.807) is 18.2 Å². The predicted molar refractivity (Wildman–Crippen MR) is 96.2 cm³/mol. The number of anilines is 1. The molecule has 2 aromatic heterocycles. The zero-order chi connectivity index (χ0) is 17.9. The smallest absolute Gasteiger partial charge is 0.293 e. The van der Waals surface area contributed by atoms with Gasteiger partial charge in [0.05, 0.1) is 12.6 Å². The van der Waals surface area contributed by atoms with Gasteiger partial charge in [0.2, 0.25) is 5.82 Å². The van der Waals surface area contributed by atoms with Gasteiger partial charge in [-0.05, 0) is 18.2 Å². The van der Waals surface area contributed by atoms with Crippen LogP contribution in [0.15, 0.2) is 42.6 Å². The number of hydrogen-bond donors (Lipinski definition) is 0. The number of piperazine rings is 1. The maximum Gasteiger partial charge on any atom is 0.293 e. The molecule has 8 nitrogen and oxygen atoms in total. The van der Waals surface area contributed by atoms with Gasteiger partial charge < -0.3 is 14.5 Å². The molecule has 0 bridgehead atoms. The Morgan fingerprint density at radius 3 is 2.58 bits per heavy atom. The first-order chi connectivity index (χ1) is 12.7. The third-order valence-electron chi connectivity index (χ3n) is 4.40. The van der Waals surface area contributed by atoms with Crippen LogP contribution in [0.1, 0.15) is 10.6 Å². The lowest BCUT2D eigenvalue weighted by Crippen LogP contribution is -2.49. The first-order valence-electron chi connectivity index (χ1n) is 8.38. The van der Waals surface area contributed by atoms with E-state index in [1.807, 2.05) is 36.4 Å². The third kappa shape index (κ3) is 3.13. The number of aromatic nitrogens is 4. The minimum atomic E-state index is -0.193. The Hall–Kier alpha value is -3.29. The number of amides is 1. The van der Waals surface area contributed by atoms with E-state index in [9.17, 15) is 4.79 Å². The molecule has 132 valence electrons. The third-order valence-corrected chi connectivity index (χ3v) is 4.40. The number of methoxy groups -OCH3 is 1. The second kappa shape index (κ2) is 6.91. The van der Waals surface area contributed by atoms with Crippen molar-refractivity contribution in [2.24, 2.45) is 0 Å². The van der Waals surface area contributed by atoms with E-state index in [4.69, 9.17) is 4.74 Å². The minimum Gasteiger partial charge on any atom is -0.497 e. The summed E-state index contributed by atoms with van der Waals surface area (Å²) in [5.74, 6) is 1.56. The summed E-state index contributed by atoms with van der Waals surface area (Å²) in [5, 5.41) is 8.07. The highest BCUT2D eigenvalue weighted by Gasteiger charge is 2.25. The lowest BCUT2D eigenvalue weighted by atomic mass is 10.2. The number of para-hydroxylation sites is 1. The maximum absolute atomic E-state index is 12.7. The Bertz CT molecular complexity index is 940. The zero-order valence-electron chi connectivity index (χ0n) is 14.4. The fraction of sp³-hybridized carbons (Fsp3) is 0.278. The molecule has 1 amide bonds. The number of benzene rings is 1. The van der Waals surface area contributed by atoms with E-state index in [2.05, 4.69) is 25.1 Å². The Labute approximate surface area is 150 Å². The monoisotopic (exact) mass is 350 g/mol. The summed E-state index contributed by atoms with van der Waals surface area (Å²) in [5.41, 5.74) is 1.35. The Kier molecular flexibility index (Phi) is 4.30. The van der Waals surface area contributed by atoms with Gasteiger partial charge >= 0.3 is 0 Å². The molecule has 26 heavy (non-hydrogen) atoms. The van der Waals surface area contributed by atoms with Crippen molar-refractivity contribution < 1.29 is 9.53 Å². The first-order valence-corrected chi connectivity index (χ1v) is 8.38. The standard InChI is InChI=1S/C18H18N6O2/c1-26-13-6-7-19-16(12-13)23-8-10-24(11-9-23)18(25)17-20-14-4-2-3-5-15(14)21-22-17/h2-7,12H,8-11H2,1H3. The molecular formula is C18H18N6O2. The van der Waals surface area contributed by atoms with Gasteiger partial charge in [-0.3, -0.25) is 4.79 Å². The maximum atomic E-state index is 12.7. The SMILES string of the molecule is COc1ccnc(N2CCN(C(=O)c3nnc4ccccc4n3)CC2)c1. The molecule has 8 heteroatoms. The number of fused-ring (bicyclic) bond motifs is 1. The summed E-state index contributed by atoms with van der Waals surface area (Å²) < 4.78 is 5.24. The molecule has 1 saturated heterocycles. The van der Waals surface area contributed by atoms with Crippen LogP contribution in [0.25, 0.3) is 11.0 Å². The molecule has 3 heterocycles. The van der Waals surface area contributed by atoms with Crippen LogP contribution in [-0.2, 0) is 0 Å². The van der Waals surface area contributed by atoms with Crippen molar-refractivity contribution in [1.29, 1.82) is 0 Å². The summed E-state index contributed by atoms with van der Waals surface area (Å²) in [7, 11) is 1.63. The van der Waals surface area contributed by atoms with Gasteiger partial charge in [0.15, 0.2) is 0 Å². The van der Waals surface area contributed by atoms with E-state index in [-0.39, 0.29) is 11.7 Å². The number of hydrogen-bond acceptors (Lipinski definition) is 7. The van der Waals surface area contributed by atoms with E-state index in [1.165, 1.54) is 0 Å². The number of ether oxygens (including phenoxy) is 1. The van der Waals surface area contributed by atoms with Crippen LogP contribution in [0.4, 0.5) is 5.82 Å². The second-order valence-electron chi connectivity index (χ2n) is 5.96. The van der Waals surface area contributed by atoms with Gasteiger partial charge in [0.1, 0.15) is 17.1 Å². The van der Waals surface area contributed by atoms with Crippen LogP contribution in [0.5, 0.6) is 5.75 Å². The number of carbonyl (C=O) groups is 1. The number of nitrogens with zero attached hydrogens (tertiary/aromatic N) is 6. The van der Waals surface area contributed by atoms with Gasteiger partial charge in [-0.25, -0.2) is 9.97 Å². The summed E-state index contributed by atoms with van der Waals surface area (Å²) in [6.07, 6.45) is 1.72. The molecule has 1 aromatic carbocycles. The van der Waals surface area contributed by atoms with Gasteiger partial charge in [-0.2, -0.15) is 0 Å². The first kappa shape index (κ1) is 16.2. The highest BCUT2D eigenvalue weighted by Crippen LogP contribution is 2.19. The number of rotatable bonds is 3. The molecule has 1 aliphatic heterocycles. The van der Waals surface area contributed by atoms with Crippen molar-refractivity contribution in [2.45, 2.75) is 0 Å². The van der Waals surface area contributed by atoms with Gasteiger partial charge in [-0.15, -0.1) is 10.2 Å². The average Bonchev–Trinajstić information content (AvgIpc) is 2.73. The number of carbonyl (C=O) groups excluding carboxylic acids is 1. The minimum absolute atomic E-state index is 0.136. The van der Waals surface area contributed by atoms with E-state index >= 15 is 0 Å². The van der Waals surface area contributed by atoms with E-state index in [0.29, 0.717) is 37.2 Å². The summed E-state index contributed by atoms with van der Waals surface area (Å²) in [6.45, 7) is 2.53. The lowest BCUT2D eigenvalue weighted by Gasteiger charge is -2.35. The second-order valence-corrected chi connectivity index (χ2v) is 5.96. The van der Waals surface area contributed by atoms with Crippen LogP contribution < -0.4 is 9.64 Å². The molecule has 0 spiro atoms. The van der Waals surface area contributed by atoms with Crippen LogP contribution in [0, 0.1) is 0 Å². The highest BCUT2D eigenvalue weighted by molar-refractivity contribution is 5.92. The van der Waals surface area contributed by atoms with Crippen molar-refractivity contribution >= 4 is 22.8 Å². The fourth-order valence-electron chi connectivity index (χ4n) is 2.95. The predicted octanol–water partition coefficient (Wildman–Crippen LogP) is 1.39. The topological polar surface area (TPSA) is 84.3 Å². The molecule has 1 aliphatic rings. The van der Waals surface area contributed by atoms with Crippen LogP contribution in [0.3, 0.4) is 0 Å². The molecule has 3 aromatic rings. The highest BCUT2D eigenvalue weighted by atomic mass is 16.5. The molecule has 0 radical (unpaired) electrons. The molecule has 0 saturated carbocycles. The normalized spacial score (nSPS) is 14.5. The largest absolute Gasteiger partial charge is 0.497 e. The average molecular weight is 350 g/mol. The van der Waals surface area contributed by atoms with Crippen molar-refractivity contribution in [3.8, 4) is 5.75 Å². The lowest BCUT2D eigenvalue weighted by molar-refractivity contribution is 0.0733. The Balaban J connectivity index is 1.45. The quantitative estimate of drug-likeness (QED) is 0.706. The molecule has 0 unspecified atom stereocenters. The molecule has 1 fully saturated rings. The molecule has 0 aliphatic carbocycles. The van der Waals surface area contributed by atoms with Gasteiger partial charge in [-0.1, -0.05) is 12.1 Å². The van der Waals surface area contributed by atoms with Crippen molar-refractivity contribution in [3.05, 3.63) is 48.4 Å². The summed E-state index contributed by atoms with van der Waals surface area (Å²) in [6, 6.07) is 11.1. The molecular weight excluding hydrogens is 332 g/mol. The van der Waals surface area contributed by atoms with Crippen molar-refractivity contribution in [1.82, 2.24) is 25.1 Å². The van der Waals surface area contributed by atoms with E-state index in [0.717, 1.165) is 11.6 Å². The van der Waals surface area contributed by atoms with Crippen molar-refractivity contribution in [3.63, 3.8) is 0 Å². The summed E-state index contributed by atoms with van der Waals surface area (Å²) >= 11 is 0. The molecule has 0 atom stereocenters. The molecule has 0 N–H and O–H groups in total. The summed E-state index contributed by atoms with van der Waals surface area (Å²) in [4.78, 5) is 25.3. The van der Waals surface area contributed by atoms with Gasteiger partial charge in [0.25, 0.3) is 5.91 Å². The fourth-order valence-corrected chi connectivity index (χ4v) is 2.95. The zero-order valence-corrected chi connectivity index (χ0v) is 14.4. The van der Waals surface area contributed by atoms with Crippen LogP contribution in [-0.4, -0.2) is 64.3 Å². The van der Waals surface area contributed by atoms with Crippen LogP contribution in [0.2, 0.25) is 0 Å². The van der Waals surface area contributed by atoms with Crippen molar-refractivity contribution in [2.75, 3.05) is 38.2 Å². The van der Waals surface area contributed by atoms with Gasteiger partial charge in [0, 0.05) is 38.4 Å².